The Bertz CT molecular complexity index is 644. The Hall–Kier alpha value is -2.76. The molecule has 0 aliphatic heterocycles. The Morgan fingerprint density at radius 2 is 1.95 bits per heavy atom. The fourth-order valence-electron chi connectivity index (χ4n) is 1.54. The molecule has 0 bridgehead atoms. The number of aromatic hydroxyl groups is 2. The van der Waals surface area contributed by atoms with Crippen LogP contribution in [0.4, 0.5) is 15.8 Å². The molecule has 2 aromatic carbocycles. The standard InChI is InChI=1S/C13H11FN2O3/c14-7-4-5-9(15)10(6-7)16-13(19)8-2-1-3-11(17)12(8)18/h1-6,17-18H,15H2,(H,16,19). The van der Waals surface area contributed by atoms with Crippen molar-refractivity contribution in [2.24, 2.45) is 0 Å². The lowest BCUT2D eigenvalue weighted by Gasteiger charge is -2.09. The summed E-state index contributed by atoms with van der Waals surface area (Å²) >= 11 is 0. The van der Waals surface area contributed by atoms with Crippen LogP contribution >= 0.6 is 0 Å². The SMILES string of the molecule is Nc1ccc(F)cc1NC(=O)c1cccc(O)c1O. The number of nitrogens with one attached hydrogen (secondary N) is 1. The van der Waals surface area contributed by atoms with Gasteiger partial charge in [-0.2, -0.15) is 0 Å². The third-order valence-electron chi connectivity index (χ3n) is 2.52. The van der Waals surface area contributed by atoms with E-state index in [9.17, 15) is 19.4 Å². The Morgan fingerprint density at radius 3 is 2.68 bits per heavy atom. The predicted octanol–water partition coefficient (Wildman–Crippen LogP) is 2.07. The first-order valence-corrected chi connectivity index (χ1v) is 5.36. The maximum absolute atomic E-state index is 13.0. The van der Waals surface area contributed by atoms with E-state index in [0.29, 0.717) is 0 Å². The number of amides is 1. The number of phenols is 2. The summed E-state index contributed by atoms with van der Waals surface area (Å²) in [4.78, 5) is 11.9. The van der Waals surface area contributed by atoms with E-state index in [1.807, 2.05) is 0 Å². The molecular formula is C13H11FN2O3. The van der Waals surface area contributed by atoms with E-state index < -0.39 is 23.2 Å². The third-order valence-corrected chi connectivity index (χ3v) is 2.52. The Balaban J connectivity index is 2.31. The highest BCUT2D eigenvalue weighted by molar-refractivity contribution is 6.07. The summed E-state index contributed by atoms with van der Waals surface area (Å²) in [5, 5.41) is 21.2. The number of hydrogen-bond acceptors (Lipinski definition) is 4. The van der Waals surface area contributed by atoms with E-state index in [4.69, 9.17) is 5.73 Å². The molecule has 5 N–H and O–H groups in total. The second-order valence-electron chi connectivity index (χ2n) is 3.86. The van der Waals surface area contributed by atoms with Gasteiger partial charge in [0.15, 0.2) is 11.5 Å². The highest BCUT2D eigenvalue weighted by Gasteiger charge is 2.15. The molecule has 0 saturated carbocycles. The van der Waals surface area contributed by atoms with E-state index in [0.717, 1.165) is 12.1 Å². The van der Waals surface area contributed by atoms with Gasteiger partial charge in [0.25, 0.3) is 5.91 Å². The normalized spacial score (nSPS) is 10.2. The summed E-state index contributed by atoms with van der Waals surface area (Å²) in [7, 11) is 0. The van der Waals surface area contributed by atoms with Crippen LogP contribution in [0.1, 0.15) is 10.4 Å². The highest BCUT2D eigenvalue weighted by Crippen LogP contribution is 2.29. The zero-order valence-corrected chi connectivity index (χ0v) is 9.72. The smallest absolute Gasteiger partial charge is 0.259 e. The van der Waals surface area contributed by atoms with Gasteiger partial charge >= 0.3 is 0 Å². The Kier molecular flexibility index (Phi) is 3.24. The molecule has 0 heterocycles. The van der Waals surface area contributed by atoms with Crippen molar-refractivity contribution in [3.8, 4) is 11.5 Å². The third kappa shape index (κ3) is 2.57. The number of anilines is 2. The molecule has 19 heavy (non-hydrogen) atoms. The number of hydrogen-bond donors (Lipinski definition) is 4. The van der Waals surface area contributed by atoms with Gasteiger partial charge in [0, 0.05) is 0 Å². The van der Waals surface area contributed by atoms with Crippen LogP contribution in [0.3, 0.4) is 0 Å². The first-order valence-electron chi connectivity index (χ1n) is 5.36. The Labute approximate surface area is 108 Å². The van der Waals surface area contributed by atoms with Crippen molar-refractivity contribution in [3.05, 3.63) is 47.8 Å². The molecular weight excluding hydrogens is 251 g/mol. The van der Waals surface area contributed by atoms with Crippen LogP contribution in [0.25, 0.3) is 0 Å². The number of benzene rings is 2. The molecule has 2 aromatic rings. The predicted molar refractivity (Wildman–Crippen MR) is 68.5 cm³/mol. The summed E-state index contributed by atoms with van der Waals surface area (Å²) in [6.45, 7) is 0. The highest BCUT2D eigenvalue weighted by atomic mass is 19.1. The number of carbonyl (C=O) groups excluding carboxylic acids is 1. The van der Waals surface area contributed by atoms with Gasteiger partial charge in [-0.1, -0.05) is 6.07 Å². The quantitative estimate of drug-likeness (QED) is 0.492. The molecule has 0 atom stereocenters. The van der Waals surface area contributed by atoms with Gasteiger partial charge in [0.2, 0.25) is 0 Å². The number of nitrogen functional groups attached to an aromatic ring is 1. The average molecular weight is 262 g/mol. The van der Waals surface area contributed by atoms with Crippen LogP contribution in [-0.2, 0) is 0 Å². The maximum atomic E-state index is 13.0. The molecule has 1 amide bonds. The van der Waals surface area contributed by atoms with E-state index in [1.165, 1.54) is 24.3 Å². The molecule has 0 fully saturated rings. The van der Waals surface area contributed by atoms with E-state index >= 15 is 0 Å². The van der Waals surface area contributed by atoms with Gasteiger partial charge in [-0.3, -0.25) is 4.79 Å². The largest absolute Gasteiger partial charge is 0.504 e. The van der Waals surface area contributed by atoms with Gasteiger partial charge in [-0.15, -0.1) is 0 Å². The molecule has 0 aliphatic rings. The monoisotopic (exact) mass is 262 g/mol. The fourth-order valence-corrected chi connectivity index (χ4v) is 1.54. The van der Waals surface area contributed by atoms with Crippen molar-refractivity contribution in [3.63, 3.8) is 0 Å². The lowest BCUT2D eigenvalue weighted by Crippen LogP contribution is -2.13. The fraction of sp³-hybridized carbons (Fsp3) is 0. The lowest BCUT2D eigenvalue weighted by atomic mass is 10.1. The van der Waals surface area contributed by atoms with Crippen molar-refractivity contribution in [2.75, 3.05) is 11.1 Å². The van der Waals surface area contributed by atoms with Gasteiger partial charge < -0.3 is 21.3 Å². The summed E-state index contributed by atoms with van der Waals surface area (Å²) in [6.07, 6.45) is 0. The van der Waals surface area contributed by atoms with Crippen LogP contribution in [0.2, 0.25) is 0 Å². The first-order chi connectivity index (χ1) is 8.99. The molecule has 2 rings (SSSR count). The molecule has 0 aromatic heterocycles. The number of phenolic OH excluding ortho intramolecular Hbond substituents is 2. The zero-order valence-electron chi connectivity index (χ0n) is 9.72. The maximum Gasteiger partial charge on any atom is 0.259 e. The summed E-state index contributed by atoms with van der Waals surface area (Å²) < 4.78 is 13.0. The van der Waals surface area contributed by atoms with Crippen LogP contribution in [0.5, 0.6) is 11.5 Å². The van der Waals surface area contributed by atoms with Crippen LogP contribution in [-0.4, -0.2) is 16.1 Å². The minimum atomic E-state index is -0.703. The van der Waals surface area contributed by atoms with Crippen LogP contribution < -0.4 is 11.1 Å². The molecule has 0 aliphatic carbocycles. The zero-order chi connectivity index (χ0) is 14.0. The summed E-state index contributed by atoms with van der Waals surface area (Å²) in [5.41, 5.74) is 5.73. The number of para-hydroxylation sites is 1. The van der Waals surface area contributed by atoms with Crippen molar-refractivity contribution >= 4 is 17.3 Å². The second-order valence-corrected chi connectivity index (χ2v) is 3.86. The molecule has 0 spiro atoms. The van der Waals surface area contributed by atoms with E-state index in [1.54, 1.807) is 0 Å². The number of rotatable bonds is 2. The van der Waals surface area contributed by atoms with Gasteiger partial charge in [-0.25, -0.2) is 4.39 Å². The molecule has 0 saturated heterocycles. The van der Waals surface area contributed by atoms with Crippen molar-refractivity contribution in [2.45, 2.75) is 0 Å². The Morgan fingerprint density at radius 1 is 1.21 bits per heavy atom. The van der Waals surface area contributed by atoms with E-state index in [2.05, 4.69) is 5.32 Å². The van der Waals surface area contributed by atoms with Gasteiger partial charge in [0.05, 0.1) is 16.9 Å². The van der Waals surface area contributed by atoms with Crippen molar-refractivity contribution < 1.29 is 19.4 Å². The number of halogens is 1. The van der Waals surface area contributed by atoms with Gasteiger partial charge in [-0.05, 0) is 30.3 Å². The van der Waals surface area contributed by atoms with Gasteiger partial charge in [0.1, 0.15) is 5.82 Å². The first kappa shape index (κ1) is 12.7. The lowest BCUT2D eigenvalue weighted by molar-refractivity contribution is 0.102. The van der Waals surface area contributed by atoms with Crippen molar-refractivity contribution in [1.29, 1.82) is 0 Å². The van der Waals surface area contributed by atoms with E-state index in [-0.39, 0.29) is 16.9 Å². The second kappa shape index (κ2) is 4.85. The minimum absolute atomic E-state index is 0.0905. The minimum Gasteiger partial charge on any atom is -0.504 e. The number of nitrogens with two attached hydrogens (primary N) is 1. The number of carbonyl (C=O) groups is 1. The average Bonchev–Trinajstić information content (AvgIpc) is 2.37. The molecule has 6 heteroatoms. The molecule has 0 unspecified atom stereocenters. The van der Waals surface area contributed by atoms with Crippen LogP contribution in [0, 0.1) is 5.82 Å². The summed E-state index contributed by atoms with van der Waals surface area (Å²) in [5.74, 6) is -2.22. The van der Waals surface area contributed by atoms with Crippen molar-refractivity contribution in [1.82, 2.24) is 0 Å². The molecule has 98 valence electrons. The molecule has 5 nitrogen and oxygen atoms in total. The van der Waals surface area contributed by atoms with Crippen LogP contribution in [0.15, 0.2) is 36.4 Å². The summed E-state index contributed by atoms with van der Waals surface area (Å²) in [6, 6.07) is 7.50. The topological polar surface area (TPSA) is 95.6 Å². The molecule has 0 radical (unpaired) electrons.